The van der Waals surface area contributed by atoms with Gasteiger partial charge in [0.05, 0.1) is 16.9 Å². The maximum Gasteiger partial charge on any atom is 0.496 e. The summed E-state index contributed by atoms with van der Waals surface area (Å²) >= 11 is 0.305. The van der Waals surface area contributed by atoms with Crippen LogP contribution in [0.2, 0.25) is 0 Å². The van der Waals surface area contributed by atoms with Crippen molar-refractivity contribution in [2.45, 2.75) is 109 Å². The van der Waals surface area contributed by atoms with Crippen LogP contribution in [0.5, 0.6) is 0 Å². The summed E-state index contributed by atoms with van der Waals surface area (Å²) in [5.74, 6) is -2.46. The molecule has 286 valence electrons. The molecule has 2 aromatic heterocycles. The van der Waals surface area contributed by atoms with Crippen molar-refractivity contribution in [3.63, 3.8) is 0 Å². The third kappa shape index (κ3) is 11.7. The molecule has 1 unspecified atom stereocenters. The van der Waals surface area contributed by atoms with Gasteiger partial charge in [0.2, 0.25) is 0 Å². The third-order valence-corrected chi connectivity index (χ3v) is 8.87. The highest BCUT2D eigenvalue weighted by Gasteiger charge is 2.57. The fraction of sp³-hybridized carbons (Fsp3) is 0.576. The van der Waals surface area contributed by atoms with E-state index in [1.807, 2.05) is 26.0 Å². The predicted molar refractivity (Wildman–Crippen MR) is 172 cm³/mol. The molecule has 0 aliphatic carbocycles. The summed E-state index contributed by atoms with van der Waals surface area (Å²) in [5.41, 5.74) is 10.7. The fourth-order valence-electron chi connectivity index (χ4n) is 4.96. The predicted octanol–water partition coefficient (Wildman–Crippen LogP) is 8.46. The van der Waals surface area contributed by atoms with E-state index in [1.165, 1.54) is 39.0 Å². The first-order chi connectivity index (χ1) is 23.1. The molecule has 0 fully saturated rings. The van der Waals surface area contributed by atoms with E-state index < -0.39 is 59.6 Å². The second kappa shape index (κ2) is 15.1. The number of nitrogens with two attached hydrogens (primary N) is 2. The average molecular weight is 760 g/mol. The standard InChI is InChI=1S/C33H41F8N3O6S/c1-8-20-11-13-22(23(9-2)44-20)25-14-19-10-12-21(15-24(19)47-25)51-18-31(36,37)49-33(40,41)50-32(38,39)48-30(34,35)17-46-26(45)28(5,6)29(7,43)16-27(3,4)42/h10-15H,8-9,16-18,42-43H2,1-7H3. The van der Waals surface area contributed by atoms with Crippen LogP contribution in [-0.2, 0) is 36.6 Å². The number of esters is 1. The highest BCUT2D eigenvalue weighted by atomic mass is 32.2. The number of rotatable bonds is 18. The Bertz CT molecular complexity index is 1680. The number of carbonyl (C=O) groups is 1. The molecule has 2 heterocycles. The lowest BCUT2D eigenvalue weighted by molar-refractivity contribution is -0.572. The molecule has 18 heteroatoms. The zero-order valence-corrected chi connectivity index (χ0v) is 29.8. The summed E-state index contributed by atoms with van der Waals surface area (Å²) in [4.78, 5) is 17.2. The molecule has 3 rings (SSSR count). The minimum Gasteiger partial charge on any atom is -0.456 e. The van der Waals surface area contributed by atoms with Gasteiger partial charge < -0.3 is 20.6 Å². The number of aryl methyl sites for hydroxylation is 2. The van der Waals surface area contributed by atoms with E-state index in [0.29, 0.717) is 29.3 Å². The summed E-state index contributed by atoms with van der Waals surface area (Å²) in [5, 5.41) is 0.602. The summed E-state index contributed by atoms with van der Waals surface area (Å²) in [7, 11) is 0. The van der Waals surface area contributed by atoms with Crippen LogP contribution in [0.3, 0.4) is 0 Å². The van der Waals surface area contributed by atoms with Gasteiger partial charge >= 0.3 is 30.8 Å². The minimum absolute atomic E-state index is 0.00825. The number of furan rings is 1. The second-order valence-electron chi connectivity index (χ2n) is 13.4. The number of carbonyl (C=O) groups excluding carboxylic acids is 1. The molecule has 51 heavy (non-hydrogen) atoms. The van der Waals surface area contributed by atoms with Gasteiger partial charge in [-0.1, -0.05) is 13.8 Å². The summed E-state index contributed by atoms with van der Waals surface area (Å²) < 4.78 is 132. The van der Waals surface area contributed by atoms with E-state index in [0.717, 1.165) is 23.4 Å². The van der Waals surface area contributed by atoms with Gasteiger partial charge in [0.15, 0.2) is 6.61 Å². The Morgan fingerprint density at radius 3 is 2.00 bits per heavy atom. The van der Waals surface area contributed by atoms with Gasteiger partial charge in [-0.15, -0.1) is 29.3 Å². The van der Waals surface area contributed by atoms with E-state index >= 15 is 0 Å². The summed E-state index contributed by atoms with van der Waals surface area (Å²) in [6.07, 6.45) is -20.4. The Hall–Kier alpha value is -3.03. The van der Waals surface area contributed by atoms with E-state index in [4.69, 9.17) is 15.9 Å². The van der Waals surface area contributed by atoms with Crippen molar-refractivity contribution in [1.29, 1.82) is 0 Å². The molecule has 3 aromatic rings. The lowest BCUT2D eigenvalue weighted by Gasteiger charge is -2.42. The lowest BCUT2D eigenvalue weighted by atomic mass is 9.68. The van der Waals surface area contributed by atoms with E-state index in [1.54, 1.807) is 19.9 Å². The molecule has 0 spiro atoms. The maximum absolute atomic E-state index is 14.4. The van der Waals surface area contributed by atoms with Crippen molar-refractivity contribution < 1.29 is 63.3 Å². The molecule has 0 bridgehead atoms. The fourth-order valence-corrected chi connectivity index (χ4v) is 5.70. The third-order valence-electron chi connectivity index (χ3n) is 7.80. The van der Waals surface area contributed by atoms with Gasteiger partial charge in [-0.3, -0.25) is 9.78 Å². The molecule has 0 aliphatic heterocycles. The van der Waals surface area contributed by atoms with Gasteiger partial charge in [0.1, 0.15) is 11.3 Å². The Morgan fingerprint density at radius 2 is 1.43 bits per heavy atom. The number of thioether (sulfide) groups is 1. The Morgan fingerprint density at radius 1 is 0.824 bits per heavy atom. The zero-order chi connectivity index (χ0) is 38.8. The molecule has 4 N–H and O–H groups in total. The molecule has 0 radical (unpaired) electrons. The van der Waals surface area contributed by atoms with Gasteiger partial charge in [0, 0.05) is 32.6 Å². The van der Waals surface area contributed by atoms with Crippen LogP contribution in [-0.4, -0.2) is 59.2 Å². The van der Waals surface area contributed by atoms with Crippen LogP contribution < -0.4 is 11.5 Å². The first kappa shape index (κ1) is 42.4. The number of alkyl halides is 8. The quantitative estimate of drug-likeness (QED) is 0.0564. The topological polar surface area (TPSA) is 132 Å². The Balaban J connectivity index is 1.60. The highest BCUT2D eigenvalue weighted by Crippen LogP contribution is 2.40. The molecule has 0 saturated heterocycles. The number of benzene rings is 1. The average Bonchev–Trinajstić information content (AvgIpc) is 3.38. The maximum atomic E-state index is 14.4. The number of hydrogen-bond acceptors (Lipinski definition) is 10. The number of ether oxygens (including phenoxy) is 4. The van der Waals surface area contributed by atoms with Crippen LogP contribution in [0.15, 0.2) is 45.7 Å². The lowest BCUT2D eigenvalue weighted by Crippen LogP contribution is -2.59. The van der Waals surface area contributed by atoms with E-state index in [2.05, 4.69) is 23.9 Å². The van der Waals surface area contributed by atoms with Crippen LogP contribution in [0.1, 0.15) is 66.3 Å². The molecule has 9 nitrogen and oxygen atoms in total. The zero-order valence-electron chi connectivity index (χ0n) is 29.0. The largest absolute Gasteiger partial charge is 0.496 e. The van der Waals surface area contributed by atoms with Crippen LogP contribution >= 0.6 is 11.8 Å². The molecule has 0 saturated carbocycles. The first-order valence-electron chi connectivity index (χ1n) is 15.6. The Labute approximate surface area is 293 Å². The SMILES string of the molecule is CCc1ccc(-c2cc3ccc(SCC(F)(F)OC(F)(F)OC(F)(F)OC(F)(F)COC(=O)C(C)(C)C(C)(N)CC(C)(C)N)cc3o2)c(CC)n1. The van der Waals surface area contributed by atoms with Gasteiger partial charge in [0.25, 0.3) is 0 Å². The van der Waals surface area contributed by atoms with Gasteiger partial charge in [-0.05, 0) is 90.3 Å². The summed E-state index contributed by atoms with van der Waals surface area (Å²) in [6, 6.07) is 9.70. The van der Waals surface area contributed by atoms with E-state index in [9.17, 15) is 39.9 Å². The number of halogens is 8. The number of nitrogens with zero attached hydrogens (tertiary/aromatic N) is 1. The van der Waals surface area contributed by atoms with Crippen molar-refractivity contribution >= 4 is 28.7 Å². The van der Waals surface area contributed by atoms with Crippen LogP contribution in [0, 0.1) is 5.41 Å². The number of pyridine rings is 1. The molecule has 0 amide bonds. The minimum atomic E-state index is -5.91. The second-order valence-corrected chi connectivity index (χ2v) is 14.4. The molecule has 0 aliphatic rings. The van der Waals surface area contributed by atoms with Crippen LogP contribution in [0.4, 0.5) is 35.1 Å². The molecular weight excluding hydrogens is 718 g/mol. The smallest absolute Gasteiger partial charge is 0.456 e. The van der Waals surface area contributed by atoms with Crippen molar-refractivity contribution in [2.24, 2.45) is 16.9 Å². The number of fused-ring (bicyclic) bond motifs is 1. The molecule has 1 atom stereocenters. The van der Waals surface area contributed by atoms with Crippen molar-refractivity contribution in [1.82, 2.24) is 4.98 Å². The van der Waals surface area contributed by atoms with Crippen molar-refractivity contribution in [2.75, 3.05) is 12.4 Å². The van der Waals surface area contributed by atoms with Crippen LogP contribution in [0.25, 0.3) is 22.3 Å². The Kier molecular flexibility index (Phi) is 12.6. The van der Waals surface area contributed by atoms with E-state index in [-0.39, 0.29) is 16.9 Å². The first-order valence-corrected chi connectivity index (χ1v) is 16.6. The molecule has 1 aromatic carbocycles. The highest BCUT2D eigenvalue weighted by molar-refractivity contribution is 7.99. The number of hydrogen-bond donors (Lipinski definition) is 2. The number of aromatic nitrogens is 1. The van der Waals surface area contributed by atoms with Gasteiger partial charge in [-0.2, -0.15) is 17.6 Å². The molecular formula is C33H41F8N3O6S. The summed E-state index contributed by atoms with van der Waals surface area (Å²) in [6.45, 7) is 8.70. The van der Waals surface area contributed by atoms with Crippen molar-refractivity contribution in [3.8, 4) is 11.3 Å². The monoisotopic (exact) mass is 759 g/mol. The van der Waals surface area contributed by atoms with Crippen molar-refractivity contribution in [3.05, 3.63) is 47.8 Å². The normalized spacial score (nSPS) is 14.9. The van der Waals surface area contributed by atoms with Gasteiger partial charge in [-0.25, -0.2) is 14.2 Å².